The lowest BCUT2D eigenvalue weighted by atomic mass is 10.1. The molecular formula is C13H12N2O2S. The molecule has 0 saturated heterocycles. The predicted octanol–water partition coefficient (Wildman–Crippen LogP) is 2.56. The van der Waals surface area contributed by atoms with E-state index in [2.05, 4.69) is 4.98 Å². The molecule has 4 nitrogen and oxygen atoms in total. The Balaban J connectivity index is 2.08. The van der Waals surface area contributed by atoms with Gasteiger partial charge in [-0.3, -0.25) is 4.79 Å². The number of carbonyl (C=O) groups is 1. The van der Waals surface area contributed by atoms with E-state index in [0.717, 1.165) is 22.7 Å². The summed E-state index contributed by atoms with van der Waals surface area (Å²) >= 11 is 1.56. The molecule has 3 rings (SSSR count). The van der Waals surface area contributed by atoms with E-state index in [0.29, 0.717) is 6.54 Å². The molecule has 2 heterocycles. The van der Waals surface area contributed by atoms with Crippen LogP contribution in [0.15, 0.2) is 29.1 Å². The lowest BCUT2D eigenvalue weighted by Gasteiger charge is -2.28. The third-order valence-corrected chi connectivity index (χ3v) is 3.53. The smallest absolute Gasteiger partial charge is 0.265 e. The van der Waals surface area contributed by atoms with Crippen LogP contribution in [0.3, 0.4) is 0 Å². The molecule has 0 fully saturated rings. The Labute approximate surface area is 109 Å². The van der Waals surface area contributed by atoms with Gasteiger partial charge in [-0.25, -0.2) is 4.98 Å². The van der Waals surface area contributed by atoms with E-state index in [-0.39, 0.29) is 12.5 Å². The summed E-state index contributed by atoms with van der Waals surface area (Å²) in [5.74, 6) is 0.760. The Morgan fingerprint density at radius 1 is 1.50 bits per heavy atom. The minimum atomic E-state index is 0.000396. The highest BCUT2D eigenvalue weighted by Crippen LogP contribution is 2.35. The van der Waals surface area contributed by atoms with Crippen molar-refractivity contribution in [3.05, 3.63) is 29.1 Å². The van der Waals surface area contributed by atoms with Crippen molar-refractivity contribution in [2.24, 2.45) is 0 Å². The number of hydrogen-bond donors (Lipinski definition) is 0. The SMILES string of the molecule is CCN1C(=O)COc2ccc(-c3cscn3)cc21. The maximum atomic E-state index is 11.8. The molecule has 0 spiro atoms. The first-order chi connectivity index (χ1) is 8.79. The van der Waals surface area contributed by atoms with E-state index >= 15 is 0 Å². The quantitative estimate of drug-likeness (QED) is 0.833. The summed E-state index contributed by atoms with van der Waals surface area (Å²) in [5.41, 5.74) is 4.57. The number of fused-ring (bicyclic) bond motifs is 1. The number of ether oxygens (including phenoxy) is 1. The zero-order chi connectivity index (χ0) is 12.5. The largest absolute Gasteiger partial charge is 0.482 e. The van der Waals surface area contributed by atoms with Crippen molar-refractivity contribution in [2.75, 3.05) is 18.1 Å². The number of hydrogen-bond acceptors (Lipinski definition) is 4. The first-order valence-electron chi connectivity index (χ1n) is 5.75. The second kappa shape index (κ2) is 4.42. The number of nitrogens with zero attached hydrogens (tertiary/aromatic N) is 2. The van der Waals surface area contributed by atoms with Gasteiger partial charge in [0.05, 0.1) is 16.9 Å². The van der Waals surface area contributed by atoms with Gasteiger partial charge in [0.15, 0.2) is 6.61 Å². The lowest BCUT2D eigenvalue weighted by molar-refractivity contribution is -0.121. The molecule has 0 saturated carbocycles. The van der Waals surface area contributed by atoms with Crippen molar-refractivity contribution in [2.45, 2.75) is 6.92 Å². The fourth-order valence-electron chi connectivity index (χ4n) is 2.06. The minimum absolute atomic E-state index is 0.000396. The average Bonchev–Trinajstić information content (AvgIpc) is 2.92. The van der Waals surface area contributed by atoms with Gasteiger partial charge in [0.1, 0.15) is 5.75 Å². The first kappa shape index (κ1) is 11.2. The van der Waals surface area contributed by atoms with Crippen LogP contribution < -0.4 is 9.64 Å². The van der Waals surface area contributed by atoms with E-state index in [1.54, 1.807) is 21.7 Å². The molecule has 0 aliphatic carbocycles. The summed E-state index contributed by atoms with van der Waals surface area (Å²) in [6.45, 7) is 2.73. The van der Waals surface area contributed by atoms with E-state index in [1.807, 2.05) is 30.5 Å². The van der Waals surface area contributed by atoms with Gasteiger partial charge in [-0.2, -0.15) is 0 Å². The van der Waals surface area contributed by atoms with Crippen LogP contribution >= 0.6 is 11.3 Å². The second-order valence-corrected chi connectivity index (χ2v) is 4.70. The van der Waals surface area contributed by atoms with E-state index in [4.69, 9.17) is 4.74 Å². The van der Waals surface area contributed by atoms with Crippen LogP contribution in [0.25, 0.3) is 11.3 Å². The zero-order valence-corrected chi connectivity index (χ0v) is 10.7. The van der Waals surface area contributed by atoms with E-state index < -0.39 is 0 Å². The highest BCUT2D eigenvalue weighted by molar-refractivity contribution is 7.07. The number of likely N-dealkylation sites (N-methyl/N-ethyl adjacent to an activating group) is 1. The Hall–Kier alpha value is -1.88. The molecular weight excluding hydrogens is 248 g/mol. The van der Waals surface area contributed by atoms with Crippen LogP contribution in [0.4, 0.5) is 5.69 Å². The highest BCUT2D eigenvalue weighted by Gasteiger charge is 2.24. The first-order valence-corrected chi connectivity index (χ1v) is 6.69. The maximum absolute atomic E-state index is 11.8. The van der Waals surface area contributed by atoms with Gasteiger partial charge in [0, 0.05) is 17.5 Å². The molecule has 92 valence electrons. The molecule has 18 heavy (non-hydrogen) atoms. The van der Waals surface area contributed by atoms with Gasteiger partial charge in [-0.05, 0) is 25.1 Å². The van der Waals surface area contributed by atoms with Gasteiger partial charge in [-0.1, -0.05) is 0 Å². The lowest BCUT2D eigenvalue weighted by Crippen LogP contribution is -2.38. The fourth-order valence-corrected chi connectivity index (χ4v) is 2.62. The standard InChI is InChI=1S/C13H12N2O2S/c1-2-15-11-5-9(10-7-18-8-14-10)3-4-12(11)17-6-13(15)16/h3-5,7-8H,2,6H2,1H3. The summed E-state index contributed by atoms with van der Waals surface area (Å²) in [7, 11) is 0. The molecule has 1 amide bonds. The number of amides is 1. The van der Waals surface area contributed by atoms with Gasteiger partial charge in [-0.15, -0.1) is 11.3 Å². The molecule has 0 unspecified atom stereocenters. The van der Waals surface area contributed by atoms with Crippen molar-refractivity contribution < 1.29 is 9.53 Å². The van der Waals surface area contributed by atoms with Crippen LogP contribution in [-0.2, 0) is 4.79 Å². The molecule has 5 heteroatoms. The summed E-state index contributed by atoms with van der Waals surface area (Å²) in [4.78, 5) is 17.8. The van der Waals surface area contributed by atoms with Crippen LogP contribution in [0.5, 0.6) is 5.75 Å². The van der Waals surface area contributed by atoms with Gasteiger partial charge in [0.2, 0.25) is 0 Å². The molecule has 1 aromatic heterocycles. The molecule has 0 atom stereocenters. The number of carbonyl (C=O) groups excluding carboxylic acids is 1. The van der Waals surface area contributed by atoms with E-state index in [9.17, 15) is 4.79 Å². The number of rotatable bonds is 2. The zero-order valence-electron chi connectivity index (χ0n) is 9.92. The van der Waals surface area contributed by atoms with Crippen molar-refractivity contribution in [3.63, 3.8) is 0 Å². The molecule has 1 aliphatic rings. The van der Waals surface area contributed by atoms with Crippen LogP contribution in [0, 0.1) is 0 Å². The van der Waals surface area contributed by atoms with Gasteiger partial charge < -0.3 is 9.64 Å². The molecule has 0 bridgehead atoms. The van der Waals surface area contributed by atoms with Crippen molar-refractivity contribution in [1.82, 2.24) is 4.98 Å². The second-order valence-electron chi connectivity index (χ2n) is 3.98. The Bertz CT molecular complexity index is 581. The monoisotopic (exact) mass is 260 g/mol. The Morgan fingerprint density at radius 2 is 2.39 bits per heavy atom. The summed E-state index contributed by atoms with van der Waals surface area (Å²) < 4.78 is 5.43. The normalized spacial score (nSPS) is 14.3. The van der Waals surface area contributed by atoms with Crippen molar-refractivity contribution in [1.29, 1.82) is 0 Å². The van der Waals surface area contributed by atoms with Crippen molar-refractivity contribution >= 4 is 22.9 Å². The number of aromatic nitrogens is 1. The number of anilines is 1. The number of thiazole rings is 1. The summed E-state index contributed by atoms with van der Waals surface area (Å²) in [6, 6.07) is 5.83. The minimum Gasteiger partial charge on any atom is -0.482 e. The van der Waals surface area contributed by atoms with Crippen LogP contribution in [0.2, 0.25) is 0 Å². The topological polar surface area (TPSA) is 42.4 Å². The highest BCUT2D eigenvalue weighted by atomic mass is 32.1. The Morgan fingerprint density at radius 3 is 3.11 bits per heavy atom. The third-order valence-electron chi connectivity index (χ3n) is 2.95. The van der Waals surface area contributed by atoms with Crippen molar-refractivity contribution in [3.8, 4) is 17.0 Å². The number of benzene rings is 1. The average molecular weight is 260 g/mol. The van der Waals surface area contributed by atoms with Gasteiger partial charge >= 0.3 is 0 Å². The summed E-state index contributed by atoms with van der Waals surface area (Å²) in [5, 5.41) is 1.99. The molecule has 1 aliphatic heterocycles. The molecule has 0 N–H and O–H groups in total. The predicted molar refractivity (Wildman–Crippen MR) is 71.1 cm³/mol. The fraction of sp³-hybridized carbons (Fsp3) is 0.231. The maximum Gasteiger partial charge on any atom is 0.265 e. The van der Waals surface area contributed by atoms with Crippen LogP contribution in [-0.4, -0.2) is 24.0 Å². The Kier molecular flexibility index (Phi) is 2.76. The third kappa shape index (κ3) is 1.76. The van der Waals surface area contributed by atoms with Gasteiger partial charge in [0.25, 0.3) is 5.91 Å². The van der Waals surface area contributed by atoms with E-state index in [1.165, 1.54) is 0 Å². The summed E-state index contributed by atoms with van der Waals surface area (Å²) in [6.07, 6.45) is 0. The molecule has 2 aromatic rings. The molecule has 0 radical (unpaired) electrons. The van der Waals surface area contributed by atoms with Crippen LogP contribution in [0.1, 0.15) is 6.92 Å². The molecule has 1 aromatic carbocycles.